The van der Waals surface area contributed by atoms with E-state index in [4.69, 9.17) is 23.2 Å². The second-order valence-corrected chi connectivity index (χ2v) is 7.70. The zero-order valence-electron chi connectivity index (χ0n) is 17.2. The fourth-order valence-corrected chi connectivity index (χ4v) is 3.97. The number of hydrogen-bond acceptors (Lipinski definition) is 9. The first-order valence-corrected chi connectivity index (χ1v) is 10.2. The number of hydrogen-bond donors (Lipinski definition) is 3. The first-order chi connectivity index (χ1) is 16.6. The molecule has 176 valence electrons. The Labute approximate surface area is 206 Å². The number of carbonyl (C=O) groups excluding carboxylic acids is 6. The molecule has 3 aromatic rings. The van der Waals surface area contributed by atoms with Crippen LogP contribution in [0, 0.1) is 0 Å². The van der Waals surface area contributed by atoms with Gasteiger partial charge < -0.3 is 15.3 Å². The summed E-state index contributed by atoms with van der Waals surface area (Å²) in [5.74, 6) is -2.47. The molecule has 3 aromatic carbocycles. The molecule has 9 nitrogen and oxygen atoms in total. The van der Waals surface area contributed by atoms with E-state index >= 15 is 0 Å². The summed E-state index contributed by atoms with van der Waals surface area (Å²) in [7, 11) is 0. The van der Waals surface area contributed by atoms with Crippen molar-refractivity contribution in [1.82, 2.24) is 0 Å². The van der Waals surface area contributed by atoms with Crippen LogP contribution in [-0.2, 0) is 0 Å². The molecule has 0 aromatic heterocycles. The molecular weight excluding hydrogens is 503 g/mol. The molecular formula is C24H12Cl2O9. The topological polar surface area (TPSA) is 163 Å². The van der Waals surface area contributed by atoms with Gasteiger partial charge in [0.25, 0.3) is 10.5 Å². The first kappa shape index (κ1) is 25.3. The van der Waals surface area contributed by atoms with Crippen LogP contribution in [0.4, 0.5) is 0 Å². The van der Waals surface area contributed by atoms with Crippen molar-refractivity contribution in [2.45, 2.75) is 0 Å². The molecule has 0 atom stereocenters. The monoisotopic (exact) mass is 514 g/mol. The standard InChI is InChI=1S/C24H12Cl2O9/c25-23(34)15-5-14(12-3-1-10(6-27)16(8-29)20(12)31)18(22(33)19(15)24(26)35)13-4-2-11(7-28)17(9-30)21(13)32/h1-9,31-33H. The fourth-order valence-electron chi connectivity index (χ4n) is 3.63. The zero-order chi connectivity index (χ0) is 26.0. The fraction of sp³-hybridized carbons (Fsp3) is 0. The second-order valence-electron chi connectivity index (χ2n) is 7.02. The van der Waals surface area contributed by atoms with Gasteiger partial charge in [0.05, 0.1) is 22.3 Å². The van der Waals surface area contributed by atoms with Crippen LogP contribution in [-0.4, -0.2) is 50.9 Å². The summed E-state index contributed by atoms with van der Waals surface area (Å²) in [6.07, 6.45) is 1.00. The summed E-state index contributed by atoms with van der Waals surface area (Å²) < 4.78 is 0. The molecule has 0 unspecified atom stereocenters. The molecule has 35 heavy (non-hydrogen) atoms. The molecule has 0 bridgehead atoms. The van der Waals surface area contributed by atoms with E-state index in [9.17, 15) is 44.1 Å². The summed E-state index contributed by atoms with van der Waals surface area (Å²) >= 11 is 11.2. The van der Waals surface area contributed by atoms with E-state index in [1.165, 1.54) is 12.1 Å². The summed E-state index contributed by atoms with van der Waals surface area (Å²) in [6, 6.07) is 5.59. The number of phenols is 3. The van der Waals surface area contributed by atoms with Crippen molar-refractivity contribution >= 4 is 58.8 Å². The Morgan fingerprint density at radius 3 is 1.54 bits per heavy atom. The average molecular weight is 515 g/mol. The van der Waals surface area contributed by atoms with E-state index in [0.29, 0.717) is 12.6 Å². The maximum atomic E-state index is 12.1. The van der Waals surface area contributed by atoms with Gasteiger partial charge in [-0.25, -0.2) is 0 Å². The van der Waals surface area contributed by atoms with Gasteiger partial charge in [-0.2, -0.15) is 0 Å². The number of aromatic hydroxyl groups is 3. The normalized spacial score (nSPS) is 10.5. The van der Waals surface area contributed by atoms with E-state index in [1.807, 2.05) is 0 Å². The van der Waals surface area contributed by atoms with Crippen LogP contribution in [0.2, 0.25) is 0 Å². The van der Waals surface area contributed by atoms with E-state index < -0.39 is 55.6 Å². The zero-order valence-corrected chi connectivity index (χ0v) is 18.8. The highest BCUT2D eigenvalue weighted by Gasteiger charge is 2.29. The molecule has 0 heterocycles. The molecule has 0 aliphatic rings. The van der Waals surface area contributed by atoms with Crippen molar-refractivity contribution in [3.05, 3.63) is 63.7 Å². The third-order valence-electron chi connectivity index (χ3n) is 5.26. The van der Waals surface area contributed by atoms with E-state index in [0.717, 1.165) is 18.2 Å². The Kier molecular flexibility index (Phi) is 7.14. The highest BCUT2D eigenvalue weighted by Crippen LogP contribution is 2.49. The maximum absolute atomic E-state index is 12.1. The van der Waals surface area contributed by atoms with Gasteiger partial charge in [0.2, 0.25) is 0 Å². The van der Waals surface area contributed by atoms with Gasteiger partial charge in [0.1, 0.15) is 17.2 Å². The van der Waals surface area contributed by atoms with Gasteiger partial charge in [-0.05, 0) is 47.0 Å². The highest BCUT2D eigenvalue weighted by molar-refractivity contribution is 6.72. The van der Waals surface area contributed by atoms with Gasteiger partial charge in [-0.3, -0.25) is 28.8 Å². The second kappa shape index (κ2) is 9.88. The number of rotatable bonds is 8. The lowest BCUT2D eigenvalue weighted by atomic mass is 9.86. The van der Waals surface area contributed by atoms with Crippen molar-refractivity contribution in [3.8, 4) is 39.5 Å². The molecule has 3 rings (SSSR count). The summed E-state index contributed by atoms with van der Waals surface area (Å²) in [5.41, 5.74) is -3.71. The molecule has 3 N–H and O–H groups in total. The Balaban J connectivity index is 2.61. The number of halogens is 2. The molecule has 0 radical (unpaired) electrons. The van der Waals surface area contributed by atoms with E-state index in [2.05, 4.69) is 0 Å². The molecule has 0 saturated heterocycles. The third-order valence-corrected chi connectivity index (χ3v) is 5.65. The van der Waals surface area contributed by atoms with Gasteiger partial charge in [0, 0.05) is 27.8 Å². The van der Waals surface area contributed by atoms with Crippen molar-refractivity contribution in [1.29, 1.82) is 0 Å². The SMILES string of the molecule is O=Cc1ccc(-c2cc(C(=O)Cl)c(C(=O)Cl)c(O)c2-c2ccc(C=O)c(C=O)c2O)c(O)c1C=O. The number of aldehydes is 4. The smallest absolute Gasteiger partial charge is 0.256 e. The summed E-state index contributed by atoms with van der Waals surface area (Å²) in [6.45, 7) is 0. The lowest BCUT2D eigenvalue weighted by Gasteiger charge is -2.19. The van der Waals surface area contributed by atoms with Crippen LogP contribution in [0.15, 0.2) is 30.3 Å². The number of benzene rings is 3. The Bertz CT molecular complexity index is 1460. The van der Waals surface area contributed by atoms with Gasteiger partial charge in [-0.1, -0.05) is 12.1 Å². The van der Waals surface area contributed by atoms with Crippen LogP contribution < -0.4 is 0 Å². The minimum atomic E-state index is -1.30. The highest BCUT2D eigenvalue weighted by atomic mass is 35.5. The minimum absolute atomic E-state index is 0.172. The van der Waals surface area contributed by atoms with Crippen LogP contribution in [0.1, 0.15) is 62.1 Å². The molecule has 11 heteroatoms. The largest absolute Gasteiger partial charge is 0.507 e. The predicted octanol–water partition coefficient (Wildman–Crippen LogP) is 4.15. The van der Waals surface area contributed by atoms with Gasteiger partial charge in [0.15, 0.2) is 25.1 Å². The molecule has 0 aliphatic carbocycles. The van der Waals surface area contributed by atoms with Crippen molar-refractivity contribution in [3.63, 3.8) is 0 Å². The van der Waals surface area contributed by atoms with E-state index in [-0.39, 0.29) is 40.4 Å². The van der Waals surface area contributed by atoms with Crippen molar-refractivity contribution in [2.75, 3.05) is 0 Å². The molecule has 0 fully saturated rings. The lowest BCUT2D eigenvalue weighted by molar-refractivity contribution is 0.104. The Hall–Kier alpha value is -4.34. The first-order valence-electron chi connectivity index (χ1n) is 9.45. The predicted molar refractivity (Wildman–Crippen MR) is 124 cm³/mol. The van der Waals surface area contributed by atoms with Crippen LogP contribution in [0.3, 0.4) is 0 Å². The van der Waals surface area contributed by atoms with Gasteiger partial charge in [-0.15, -0.1) is 0 Å². The van der Waals surface area contributed by atoms with E-state index in [1.54, 1.807) is 0 Å². The van der Waals surface area contributed by atoms with Crippen molar-refractivity contribution in [2.24, 2.45) is 0 Å². The summed E-state index contributed by atoms with van der Waals surface area (Å²) in [5, 5.41) is 30.0. The Morgan fingerprint density at radius 1 is 0.629 bits per heavy atom. The number of phenolic OH excluding ortho intramolecular Hbond substituents is 3. The lowest BCUT2D eigenvalue weighted by Crippen LogP contribution is -2.05. The minimum Gasteiger partial charge on any atom is -0.507 e. The molecule has 0 saturated carbocycles. The molecule has 0 spiro atoms. The average Bonchev–Trinajstić information content (AvgIpc) is 2.82. The Morgan fingerprint density at radius 2 is 1.11 bits per heavy atom. The van der Waals surface area contributed by atoms with Crippen LogP contribution >= 0.6 is 23.2 Å². The molecule has 0 aliphatic heterocycles. The van der Waals surface area contributed by atoms with Gasteiger partial charge >= 0.3 is 0 Å². The summed E-state index contributed by atoms with van der Waals surface area (Å²) in [4.78, 5) is 69.7. The third kappa shape index (κ3) is 4.18. The number of carbonyl (C=O) groups is 6. The van der Waals surface area contributed by atoms with Crippen LogP contribution in [0.25, 0.3) is 22.3 Å². The van der Waals surface area contributed by atoms with Crippen LogP contribution in [0.5, 0.6) is 17.2 Å². The quantitative estimate of drug-likeness (QED) is 0.295. The maximum Gasteiger partial charge on any atom is 0.256 e. The van der Waals surface area contributed by atoms with Crippen molar-refractivity contribution < 1.29 is 44.1 Å². The molecule has 0 amide bonds.